The molecule has 8 nitrogen and oxygen atoms in total. The first-order chi connectivity index (χ1) is 11.2. The monoisotopic (exact) mass is 355 g/mol. The van der Waals surface area contributed by atoms with Crippen LogP contribution in [-0.4, -0.2) is 77.4 Å². The number of rotatable bonds is 3. The first kappa shape index (κ1) is 17.4. The Kier molecular flexibility index (Phi) is 4.43. The summed E-state index contributed by atoms with van der Waals surface area (Å²) >= 11 is 0. The van der Waals surface area contributed by atoms with Gasteiger partial charge in [-0.2, -0.15) is 22.1 Å². The lowest BCUT2D eigenvalue weighted by Gasteiger charge is -2.36. The molecule has 3 saturated heterocycles. The number of aromatic nitrogens is 2. The topological polar surface area (TPSA) is 78.8 Å². The molecular weight excluding hydrogens is 330 g/mol. The van der Waals surface area contributed by atoms with Crippen LogP contribution >= 0.6 is 0 Å². The van der Waals surface area contributed by atoms with Crippen LogP contribution in [0.15, 0.2) is 6.20 Å². The SMILES string of the molecule is Cc1nn(C)cc1C(=O)N1C[C@@H]2CC[C@H]1CN(S(=O)(=O)N(C)C)C2. The molecule has 24 heavy (non-hydrogen) atoms. The van der Waals surface area contributed by atoms with E-state index in [1.165, 1.54) is 8.61 Å². The third-order valence-corrected chi connectivity index (χ3v) is 6.85. The van der Waals surface area contributed by atoms with Gasteiger partial charge in [-0.3, -0.25) is 9.48 Å². The summed E-state index contributed by atoms with van der Waals surface area (Å²) in [4.78, 5) is 14.8. The minimum atomic E-state index is -3.45. The quantitative estimate of drug-likeness (QED) is 0.769. The summed E-state index contributed by atoms with van der Waals surface area (Å²) in [6, 6.07) is -0.0782. The molecule has 3 aliphatic rings. The summed E-state index contributed by atoms with van der Waals surface area (Å²) in [5.41, 5.74) is 1.31. The highest BCUT2D eigenvalue weighted by Gasteiger charge is 2.41. The van der Waals surface area contributed by atoms with Crippen molar-refractivity contribution in [2.45, 2.75) is 25.8 Å². The van der Waals surface area contributed by atoms with Gasteiger partial charge >= 0.3 is 0 Å². The Morgan fingerprint density at radius 1 is 1.25 bits per heavy atom. The second-order valence-corrected chi connectivity index (χ2v) is 9.11. The fraction of sp³-hybridized carbons (Fsp3) is 0.733. The van der Waals surface area contributed by atoms with Crippen LogP contribution in [0.4, 0.5) is 0 Å². The van der Waals surface area contributed by atoms with Crippen LogP contribution in [0.25, 0.3) is 0 Å². The Morgan fingerprint density at radius 3 is 2.54 bits per heavy atom. The van der Waals surface area contributed by atoms with Gasteiger partial charge in [0.2, 0.25) is 0 Å². The zero-order chi connectivity index (χ0) is 17.6. The molecule has 0 spiro atoms. The van der Waals surface area contributed by atoms with Crippen molar-refractivity contribution >= 4 is 16.1 Å². The van der Waals surface area contributed by atoms with E-state index in [2.05, 4.69) is 5.10 Å². The molecule has 0 aliphatic carbocycles. The summed E-state index contributed by atoms with van der Waals surface area (Å²) in [5, 5.41) is 4.25. The molecule has 1 aromatic rings. The van der Waals surface area contributed by atoms with Crippen molar-refractivity contribution in [3.05, 3.63) is 17.5 Å². The maximum Gasteiger partial charge on any atom is 0.281 e. The third-order valence-electron chi connectivity index (χ3n) is 4.97. The molecule has 1 aromatic heterocycles. The lowest BCUT2D eigenvalue weighted by Crippen LogP contribution is -2.48. The molecule has 1 amide bonds. The lowest BCUT2D eigenvalue weighted by molar-refractivity contribution is 0.0587. The summed E-state index contributed by atoms with van der Waals surface area (Å²) in [7, 11) is 1.43. The Labute approximate surface area is 143 Å². The zero-order valence-electron chi connectivity index (χ0n) is 14.6. The predicted octanol–water partition coefficient (Wildman–Crippen LogP) is 0.0713. The minimum Gasteiger partial charge on any atom is -0.334 e. The molecule has 9 heteroatoms. The van der Waals surface area contributed by atoms with Gasteiger partial charge < -0.3 is 4.90 Å². The van der Waals surface area contributed by atoms with Crippen LogP contribution in [0.5, 0.6) is 0 Å². The number of hydrogen-bond acceptors (Lipinski definition) is 4. The maximum atomic E-state index is 13.0. The minimum absolute atomic E-state index is 0.0422. The van der Waals surface area contributed by atoms with E-state index in [0.717, 1.165) is 12.8 Å². The van der Waals surface area contributed by atoms with Crippen molar-refractivity contribution in [1.82, 2.24) is 23.3 Å². The molecule has 0 aromatic carbocycles. The number of hydrogen-bond donors (Lipinski definition) is 0. The molecular formula is C15H25N5O3S. The molecule has 0 N–H and O–H groups in total. The van der Waals surface area contributed by atoms with Crippen molar-refractivity contribution < 1.29 is 13.2 Å². The van der Waals surface area contributed by atoms with E-state index in [4.69, 9.17) is 0 Å². The van der Waals surface area contributed by atoms with Gasteiger partial charge in [-0.05, 0) is 25.7 Å². The van der Waals surface area contributed by atoms with Crippen LogP contribution in [0.1, 0.15) is 28.9 Å². The fourth-order valence-electron chi connectivity index (χ4n) is 3.67. The average Bonchev–Trinajstić information content (AvgIpc) is 2.70. The second-order valence-electron chi connectivity index (χ2n) is 6.96. The van der Waals surface area contributed by atoms with E-state index in [-0.39, 0.29) is 17.9 Å². The Hall–Kier alpha value is -1.45. The van der Waals surface area contributed by atoms with Gasteiger partial charge in [0.15, 0.2) is 0 Å². The van der Waals surface area contributed by atoms with Crippen LogP contribution in [-0.2, 0) is 17.3 Å². The van der Waals surface area contributed by atoms with Gasteiger partial charge in [0, 0.05) is 53.0 Å². The summed E-state index contributed by atoms with van der Waals surface area (Å²) in [5.74, 6) is 0.138. The molecule has 0 saturated carbocycles. The average molecular weight is 355 g/mol. The van der Waals surface area contributed by atoms with E-state index >= 15 is 0 Å². The van der Waals surface area contributed by atoms with Crippen LogP contribution in [0, 0.1) is 12.8 Å². The number of nitrogens with zero attached hydrogens (tertiary/aromatic N) is 5. The third kappa shape index (κ3) is 2.96. The summed E-state index contributed by atoms with van der Waals surface area (Å²) in [6.45, 7) is 3.28. The number of carbonyl (C=O) groups excluding carboxylic acids is 1. The molecule has 2 atom stereocenters. The van der Waals surface area contributed by atoms with Gasteiger partial charge in [-0.25, -0.2) is 0 Å². The summed E-state index contributed by atoms with van der Waals surface area (Å²) < 4.78 is 29.4. The van der Waals surface area contributed by atoms with E-state index in [1.54, 1.807) is 32.0 Å². The summed E-state index contributed by atoms with van der Waals surface area (Å²) in [6.07, 6.45) is 3.54. The Balaban J connectivity index is 1.86. The Bertz CT molecular complexity index is 742. The number of aryl methyl sites for hydroxylation is 2. The number of fused-ring (bicyclic) bond motifs is 4. The van der Waals surface area contributed by atoms with Crippen LogP contribution in [0.2, 0.25) is 0 Å². The largest absolute Gasteiger partial charge is 0.334 e. The molecule has 4 rings (SSSR count). The van der Waals surface area contributed by atoms with Crippen molar-refractivity contribution in [3.8, 4) is 0 Å². The van der Waals surface area contributed by atoms with Gasteiger partial charge in [0.05, 0.1) is 11.3 Å². The molecule has 3 fully saturated rings. The normalized spacial score (nSPS) is 25.3. The first-order valence-corrected chi connectivity index (χ1v) is 9.58. The Morgan fingerprint density at radius 2 is 1.96 bits per heavy atom. The first-order valence-electron chi connectivity index (χ1n) is 8.19. The smallest absolute Gasteiger partial charge is 0.281 e. The van der Waals surface area contributed by atoms with Gasteiger partial charge in [-0.15, -0.1) is 0 Å². The van der Waals surface area contributed by atoms with Gasteiger partial charge in [0.25, 0.3) is 16.1 Å². The van der Waals surface area contributed by atoms with Crippen molar-refractivity contribution in [2.24, 2.45) is 13.0 Å². The predicted molar refractivity (Wildman–Crippen MR) is 89.7 cm³/mol. The number of amides is 1. The maximum absolute atomic E-state index is 13.0. The van der Waals surface area contributed by atoms with Crippen molar-refractivity contribution in [1.29, 1.82) is 0 Å². The molecule has 0 radical (unpaired) electrons. The van der Waals surface area contributed by atoms with Gasteiger partial charge in [-0.1, -0.05) is 0 Å². The van der Waals surface area contributed by atoms with E-state index in [0.29, 0.717) is 30.9 Å². The van der Waals surface area contributed by atoms with Crippen molar-refractivity contribution in [2.75, 3.05) is 33.7 Å². The standard InChI is InChI=1S/C15H25N5O3S/c1-11-14(10-18(4)16-11)15(21)20-8-12-5-6-13(20)9-19(7-12)24(22,23)17(2)3/h10,12-13H,5-9H2,1-4H3/t12-,13+/m1/s1. The molecule has 0 unspecified atom stereocenters. The fourth-order valence-corrected chi connectivity index (χ4v) is 4.89. The van der Waals surface area contributed by atoms with Crippen LogP contribution in [0.3, 0.4) is 0 Å². The molecule has 4 heterocycles. The highest BCUT2D eigenvalue weighted by Crippen LogP contribution is 2.31. The van der Waals surface area contributed by atoms with E-state index in [9.17, 15) is 13.2 Å². The highest BCUT2D eigenvalue weighted by atomic mass is 32.2. The van der Waals surface area contributed by atoms with Gasteiger partial charge in [0.1, 0.15) is 0 Å². The lowest BCUT2D eigenvalue weighted by atomic mass is 9.94. The second kappa shape index (κ2) is 6.12. The zero-order valence-corrected chi connectivity index (χ0v) is 15.5. The number of carbonyl (C=O) groups is 1. The van der Waals surface area contributed by atoms with E-state index in [1.807, 2.05) is 11.8 Å². The van der Waals surface area contributed by atoms with Crippen molar-refractivity contribution in [3.63, 3.8) is 0 Å². The molecule has 2 bridgehead atoms. The van der Waals surface area contributed by atoms with Crippen LogP contribution < -0.4 is 0 Å². The molecule has 3 aliphatic heterocycles. The number of piperidine rings is 1. The molecule has 134 valence electrons. The highest BCUT2D eigenvalue weighted by molar-refractivity contribution is 7.86. The van der Waals surface area contributed by atoms with E-state index < -0.39 is 10.2 Å².